The molecular weight excluding hydrogens is 252 g/mol. The van der Waals surface area contributed by atoms with Gasteiger partial charge in [0.05, 0.1) is 19.3 Å². The molecule has 1 saturated carbocycles. The second-order valence-electron chi connectivity index (χ2n) is 6.09. The lowest BCUT2D eigenvalue weighted by Gasteiger charge is -2.38. The fourth-order valence-electron chi connectivity index (χ4n) is 3.50. The summed E-state index contributed by atoms with van der Waals surface area (Å²) in [6, 6.07) is 4.97. The van der Waals surface area contributed by atoms with E-state index < -0.39 is 0 Å². The highest BCUT2D eigenvalue weighted by Crippen LogP contribution is 2.33. The number of aromatic nitrogens is 1. The third-order valence-corrected chi connectivity index (χ3v) is 4.75. The molecule has 1 aliphatic heterocycles. The van der Waals surface area contributed by atoms with Crippen molar-refractivity contribution in [2.45, 2.75) is 44.7 Å². The lowest BCUT2D eigenvalue weighted by Crippen LogP contribution is -2.49. The maximum absolute atomic E-state index is 12.6. The van der Waals surface area contributed by atoms with Crippen LogP contribution in [-0.2, 0) is 9.53 Å². The summed E-state index contributed by atoms with van der Waals surface area (Å²) in [7, 11) is 0. The average molecular weight is 276 g/mol. The summed E-state index contributed by atoms with van der Waals surface area (Å²) in [5.41, 5.74) is 0. The molecule has 3 rings (SSSR count). The van der Waals surface area contributed by atoms with E-state index in [4.69, 9.17) is 4.74 Å². The van der Waals surface area contributed by atoms with Gasteiger partial charge in [-0.3, -0.25) is 4.79 Å². The van der Waals surface area contributed by atoms with Gasteiger partial charge in [-0.25, -0.2) is 0 Å². The summed E-state index contributed by atoms with van der Waals surface area (Å²) < 4.78 is 7.71. The van der Waals surface area contributed by atoms with Crippen LogP contribution in [0.4, 0.5) is 0 Å². The van der Waals surface area contributed by atoms with Crippen molar-refractivity contribution in [3.63, 3.8) is 0 Å². The summed E-state index contributed by atoms with van der Waals surface area (Å²) in [6.45, 7) is 4.22. The van der Waals surface area contributed by atoms with E-state index in [0.717, 1.165) is 32.2 Å². The van der Waals surface area contributed by atoms with Crippen molar-refractivity contribution in [2.75, 3.05) is 19.8 Å². The predicted molar refractivity (Wildman–Crippen MR) is 77.4 cm³/mol. The van der Waals surface area contributed by atoms with Gasteiger partial charge >= 0.3 is 0 Å². The molecule has 1 saturated heterocycles. The number of hydrogen-bond acceptors (Lipinski definition) is 2. The molecular formula is C16H24N2O2. The van der Waals surface area contributed by atoms with Gasteiger partial charge in [-0.2, -0.15) is 0 Å². The number of ether oxygens (including phenoxy) is 1. The fourth-order valence-corrected chi connectivity index (χ4v) is 3.50. The van der Waals surface area contributed by atoms with E-state index in [2.05, 4.69) is 36.0 Å². The molecule has 4 nitrogen and oxygen atoms in total. The number of carbonyl (C=O) groups is 1. The minimum atomic E-state index is 0.224. The summed E-state index contributed by atoms with van der Waals surface area (Å²) in [4.78, 5) is 14.7. The molecule has 4 heteroatoms. The second kappa shape index (κ2) is 6.00. The Morgan fingerprint density at radius 2 is 1.85 bits per heavy atom. The molecule has 2 aliphatic rings. The fraction of sp³-hybridized carbons (Fsp3) is 0.688. The Morgan fingerprint density at radius 1 is 1.15 bits per heavy atom. The van der Waals surface area contributed by atoms with E-state index in [-0.39, 0.29) is 12.0 Å². The van der Waals surface area contributed by atoms with Crippen molar-refractivity contribution in [2.24, 2.45) is 5.92 Å². The third-order valence-electron chi connectivity index (χ3n) is 4.75. The van der Waals surface area contributed by atoms with E-state index >= 15 is 0 Å². The Bertz CT molecular complexity index is 435. The van der Waals surface area contributed by atoms with Gasteiger partial charge in [-0.1, -0.05) is 0 Å². The van der Waals surface area contributed by atoms with Crippen LogP contribution in [0.3, 0.4) is 0 Å². The third kappa shape index (κ3) is 2.75. The maximum atomic E-state index is 12.6. The van der Waals surface area contributed by atoms with E-state index in [0.29, 0.717) is 25.2 Å². The van der Waals surface area contributed by atoms with E-state index in [1.165, 1.54) is 0 Å². The van der Waals surface area contributed by atoms with Crippen LogP contribution in [0.15, 0.2) is 24.5 Å². The van der Waals surface area contributed by atoms with Gasteiger partial charge in [0.15, 0.2) is 0 Å². The topological polar surface area (TPSA) is 34.5 Å². The van der Waals surface area contributed by atoms with Gasteiger partial charge in [0.1, 0.15) is 0 Å². The zero-order chi connectivity index (χ0) is 13.9. The first-order valence-electron chi connectivity index (χ1n) is 7.76. The monoisotopic (exact) mass is 276 g/mol. The van der Waals surface area contributed by atoms with Crippen molar-refractivity contribution in [3.05, 3.63) is 24.5 Å². The van der Waals surface area contributed by atoms with E-state index in [1.807, 2.05) is 4.90 Å². The molecule has 1 atom stereocenters. The van der Waals surface area contributed by atoms with Gasteiger partial charge < -0.3 is 14.2 Å². The molecule has 20 heavy (non-hydrogen) atoms. The van der Waals surface area contributed by atoms with Gasteiger partial charge in [0.2, 0.25) is 5.91 Å². The molecule has 1 unspecified atom stereocenters. The van der Waals surface area contributed by atoms with Gasteiger partial charge in [-0.15, -0.1) is 0 Å². The summed E-state index contributed by atoms with van der Waals surface area (Å²) in [6.07, 6.45) is 8.54. The molecule has 110 valence electrons. The molecule has 2 fully saturated rings. The van der Waals surface area contributed by atoms with Crippen LogP contribution in [0.25, 0.3) is 0 Å². The zero-order valence-electron chi connectivity index (χ0n) is 12.2. The number of rotatable bonds is 2. The normalized spacial score (nSPS) is 31.2. The van der Waals surface area contributed by atoms with Crippen LogP contribution in [-0.4, -0.2) is 41.2 Å². The molecule has 1 aromatic rings. The van der Waals surface area contributed by atoms with E-state index in [9.17, 15) is 4.79 Å². The minimum absolute atomic E-state index is 0.224. The Morgan fingerprint density at radius 3 is 2.50 bits per heavy atom. The molecule has 1 amide bonds. The highest BCUT2D eigenvalue weighted by Gasteiger charge is 2.32. The first-order valence-corrected chi connectivity index (χ1v) is 7.76. The Hall–Kier alpha value is -1.29. The largest absolute Gasteiger partial charge is 0.377 e. The molecule has 0 bridgehead atoms. The standard InChI is InChI=1S/C16H24N2O2/c1-13-12-20-11-10-18(13)16(19)14-4-6-15(7-5-14)17-8-2-3-9-17/h2-3,8-9,13-15H,4-7,10-12H2,1H3. The van der Waals surface area contributed by atoms with Crippen molar-refractivity contribution in [1.82, 2.24) is 9.47 Å². The SMILES string of the molecule is CC1COCCN1C(=O)C1CCC(n2cccc2)CC1. The predicted octanol–water partition coefficient (Wildman–Crippen LogP) is 2.47. The Balaban J connectivity index is 1.56. The van der Waals surface area contributed by atoms with Crippen LogP contribution in [0.1, 0.15) is 38.6 Å². The number of amides is 1. The van der Waals surface area contributed by atoms with Crippen LogP contribution in [0.2, 0.25) is 0 Å². The average Bonchev–Trinajstić information content (AvgIpc) is 3.01. The minimum Gasteiger partial charge on any atom is -0.377 e. The lowest BCUT2D eigenvalue weighted by molar-refractivity contribution is -0.144. The van der Waals surface area contributed by atoms with Gasteiger partial charge in [-0.05, 0) is 44.7 Å². The number of nitrogens with zero attached hydrogens (tertiary/aromatic N) is 2. The number of hydrogen-bond donors (Lipinski definition) is 0. The lowest BCUT2D eigenvalue weighted by atomic mass is 9.84. The van der Waals surface area contributed by atoms with Crippen LogP contribution >= 0.6 is 0 Å². The zero-order valence-corrected chi connectivity index (χ0v) is 12.2. The van der Waals surface area contributed by atoms with Gasteiger partial charge in [0, 0.05) is 30.9 Å². The van der Waals surface area contributed by atoms with Crippen molar-refractivity contribution < 1.29 is 9.53 Å². The summed E-state index contributed by atoms with van der Waals surface area (Å²) in [5.74, 6) is 0.578. The van der Waals surface area contributed by atoms with Crippen molar-refractivity contribution in [3.8, 4) is 0 Å². The molecule has 0 N–H and O–H groups in total. The van der Waals surface area contributed by atoms with Gasteiger partial charge in [0.25, 0.3) is 0 Å². The smallest absolute Gasteiger partial charge is 0.226 e. The number of morpholine rings is 1. The molecule has 2 heterocycles. The molecule has 0 radical (unpaired) electrons. The summed E-state index contributed by atoms with van der Waals surface area (Å²) in [5, 5.41) is 0. The second-order valence-corrected chi connectivity index (χ2v) is 6.09. The van der Waals surface area contributed by atoms with Crippen LogP contribution in [0, 0.1) is 5.92 Å². The quantitative estimate of drug-likeness (QED) is 0.831. The van der Waals surface area contributed by atoms with E-state index in [1.54, 1.807) is 0 Å². The first kappa shape index (κ1) is 13.7. The molecule has 1 aliphatic carbocycles. The summed E-state index contributed by atoms with van der Waals surface area (Å²) >= 11 is 0. The van der Waals surface area contributed by atoms with Crippen LogP contribution in [0.5, 0.6) is 0 Å². The highest BCUT2D eigenvalue weighted by atomic mass is 16.5. The molecule has 0 aromatic carbocycles. The Kier molecular flexibility index (Phi) is 4.10. The van der Waals surface area contributed by atoms with Crippen molar-refractivity contribution >= 4 is 5.91 Å². The maximum Gasteiger partial charge on any atom is 0.226 e. The highest BCUT2D eigenvalue weighted by molar-refractivity contribution is 5.79. The number of carbonyl (C=O) groups excluding carboxylic acids is 1. The van der Waals surface area contributed by atoms with Crippen molar-refractivity contribution in [1.29, 1.82) is 0 Å². The van der Waals surface area contributed by atoms with Crippen LogP contribution < -0.4 is 0 Å². The molecule has 0 spiro atoms. The first-order chi connectivity index (χ1) is 9.75. The molecule has 1 aromatic heterocycles. The Labute approximate surface area is 120 Å².